The molecule has 0 saturated carbocycles. The molecule has 1 fully saturated rings. The highest BCUT2D eigenvalue weighted by molar-refractivity contribution is 5.78. The number of ether oxygens (including phenoxy) is 1. The topological polar surface area (TPSA) is 97.4 Å². The number of nitrogens with two attached hydrogens (primary N) is 1. The van der Waals surface area contributed by atoms with Crippen LogP contribution in [0.1, 0.15) is 51.4 Å². The maximum Gasteiger partial charge on any atom is 0.230 e. The van der Waals surface area contributed by atoms with Gasteiger partial charge in [0.05, 0.1) is 19.1 Å². The Bertz CT molecular complexity index is 415. The Morgan fingerprint density at radius 3 is 2.64 bits per heavy atom. The first kappa shape index (κ1) is 21.6. The Hall–Kier alpha value is -1.44. The molecule has 7 heteroatoms. The van der Waals surface area contributed by atoms with Crippen LogP contribution in [0.2, 0.25) is 0 Å². The van der Waals surface area contributed by atoms with Gasteiger partial charge in [-0.15, -0.1) is 0 Å². The van der Waals surface area contributed by atoms with Gasteiger partial charge >= 0.3 is 0 Å². The first-order valence-electron chi connectivity index (χ1n) is 9.23. The molecular weight excluding hydrogens is 322 g/mol. The van der Waals surface area contributed by atoms with Crippen molar-refractivity contribution < 1.29 is 19.5 Å². The molecule has 0 aromatic heterocycles. The first-order valence-corrected chi connectivity index (χ1v) is 9.23. The average Bonchev–Trinajstić information content (AvgIpc) is 3.03. The molecule has 1 amide bonds. The Kier molecular flexibility index (Phi) is 11.9. The van der Waals surface area contributed by atoms with Crippen LogP contribution in [0.15, 0.2) is 17.0 Å². The number of nitrogens with zero attached hydrogens (tertiary/aromatic N) is 2. The van der Waals surface area contributed by atoms with Crippen molar-refractivity contribution in [3.8, 4) is 0 Å². The molecule has 1 saturated heterocycles. The van der Waals surface area contributed by atoms with E-state index in [0.29, 0.717) is 38.5 Å². The van der Waals surface area contributed by atoms with E-state index >= 15 is 0 Å². The molecule has 1 unspecified atom stereocenters. The fourth-order valence-electron chi connectivity index (χ4n) is 2.74. The molecule has 144 valence electrons. The number of rotatable bonds is 14. The van der Waals surface area contributed by atoms with Gasteiger partial charge in [-0.25, -0.2) is 0 Å². The lowest BCUT2D eigenvalue weighted by molar-refractivity contribution is -0.130. The van der Waals surface area contributed by atoms with E-state index in [-0.39, 0.29) is 12.3 Å². The van der Waals surface area contributed by atoms with Gasteiger partial charge in [0, 0.05) is 26.4 Å². The molecule has 25 heavy (non-hydrogen) atoms. The molecule has 0 radical (unpaired) electrons. The van der Waals surface area contributed by atoms with Crippen molar-refractivity contribution in [3.05, 3.63) is 11.8 Å². The number of hydrogen-bond acceptors (Lipinski definition) is 6. The second-order valence-corrected chi connectivity index (χ2v) is 6.33. The molecule has 0 spiro atoms. The van der Waals surface area contributed by atoms with Gasteiger partial charge in [-0.05, 0) is 31.9 Å². The quantitative estimate of drug-likeness (QED) is 0.214. The minimum atomic E-state index is -0.423. The summed E-state index contributed by atoms with van der Waals surface area (Å²) < 4.78 is 5.56. The summed E-state index contributed by atoms with van der Waals surface area (Å²) in [5.74, 6) is 0.354. The van der Waals surface area contributed by atoms with Crippen LogP contribution in [0.3, 0.4) is 0 Å². The average molecular weight is 355 g/mol. The standard InChI is InChI=1S/C18H33N3O4/c1-20-25-17(14-18(23)21-11-8-16(22)15-21)9-13-24-12-7-5-3-2-4-6-10-19/h9,16,22H,1-8,10-15,19H2/b17-9-. The zero-order valence-corrected chi connectivity index (χ0v) is 15.2. The molecule has 0 bridgehead atoms. The third-order valence-electron chi connectivity index (χ3n) is 4.19. The molecule has 1 aliphatic rings. The number of aliphatic hydroxyl groups excluding tert-OH is 1. The Morgan fingerprint density at radius 1 is 1.28 bits per heavy atom. The van der Waals surface area contributed by atoms with Crippen LogP contribution in [0.4, 0.5) is 0 Å². The lowest BCUT2D eigenvalue weighted by Gasteiger charge is -2.15. The van der Waals surface area contributed by atoms with Crippen LogP contribution >= 0.6 is 0 Å². The SMILES string of the molecule is C=NO/C(=C\COCCCCCCCCN)CC(=O)N1CCC(O)C1. The summed E-state index contributed by atoms with van der Waals surface area (Å²) >= 11 is 0. The van der Waals surface area contributed by atoms with E-state index in [9.17, 15) is 9.90 Å². The van der Waals surface area contributed by atoms with Crippen molar-refractivity contribution in [2.75, 3.05) is 32.8 Å². The molecule has 1 atom stereocenters. The molecule has 0 aromatic rings. The van der Waals surface area contributed by atoms with Crippen LogP contribution in [-0.2, 0) is 14.4 Å². The lowest BCUT2D eigenvalue weighted by atomic mass is 10.1. The van der Waals surface area contributed by atoms with Crippen molar-refractivity contribution in [2.45, 2.75) is 57.5 Å². The number of hydrogen-bond donors (Lipinski definition) is 2. The van der Waals surface area contributed by atoms with E-state index in [0.717, 1.165) is 25.8 Å². The second-order valence-electron chi connectivity index (χ2n) is 6.33. The van der Waals surface area contributed by atoms with Gasteiger partial charge in [0.25, 0.3) is 0 Å². The van der Waals surface area contributed by atoms with E-state index < -0.39 is 6.10 Å². The molecule has 7 nitrogen and oxygen atoms in total. The van der Waals surface area contributed by atoms with E-state index in [2.05, 4.69) is 11.9 Å². The summed E-state index contributed by atoms with van der Waals surface area (Å²) in [7, 11) is 0. The van der Waals surface area contributed by atoms with Crippen LogP contribution in [0.25, 0.3) is 0 Å². The van der Waals surface area contributed by atoms with Gasteiger partial charge in [0.1, 0.15) is 5.76 Å². The predicted octanol–water partition coefficient (Wildman–Crippen LogP) is 1.80. The maximum absolute atomic E-state index is 12.1. The minimum absolute atomic E-state index is 0.0797. The first-order chi connectivity index (χ1) is 12.2. The summed E-state index contributed by atoms with van der Waals surface area (Å²) in [6.07, 6.45) is 8.97. The van der Waals surface area contributed by atoms with Crippen molar-refractivity contribution >= 4 is 12.6 Å². The Balaban J connectivity index is 2.15. The second kappa shape index (κ2) is 13.8. The number of oxime groups is 1. The summed E-state index contributed by atoms with van der Waals surface area (Å²) in [6.45, 7) is 6.10. The fourth-order valence-corrected chi connectivity index (χ4v) is 2.74. The molecular formula is C18H33N3O4. The highest BCUT2D eigenvalue weighted by atomic mass is 16.6. The number of β-amino-alcohol motifs (C(OH)–C–C–N with tert-alkyl or cyclic N) is 1. The van der Waals surface area contributed by atoms with Crippen molar-refractivity contribution in [3.63, 3.8) is 0 Å². The van der Waals surface area contributed by atoms with Gasteiger partial charge < -0.3 is 25.3 Å². The fraction of sp³-hybridized carbons (Fsp3) is 0.778. The summed E-state index contributed by atoms with van der Waals surface area (Å²) in [5.41, 5.74) is 5.46. The van der Waals surface area contributed by atoms with E-state index in [4.69, 9.17) is 15.3 Å². The van der Waals surface area contributed by atoms with Crippen LogP contribution in [0.5, 0.6) is 0 Å². The predicted molar refractivity (Wildman–Crippen MR) is 98.1 cm³/mol. The molecule has 1 aliphatic heterocycles. The van der Waals surface area contributed by atoms with Gasteiger partial charge in [-0.2, -0.15) is 0 Å². The zero-order valence-electron chi connectivity index (χ0n) is 15.2. The molecule has 0 aliphatic carbocycles. The van der Waals surface area contributed by atoms with Gasteiger partial charge in [0.2, 0.25) is 5.91 Å². The number of aliphatic hydroxyl groups is 1. The van der Waals surface area contributed by atoms with E-state index in [1.165, 1.54) is 19.3 Å². The van der Waals surface area contributed by atoms with Crippen LogP contribution in [0, 0.1) is 0 Å². The van der Waals surface area contributed by atoms with Crippen LogP contribution in [-0.4, -0.2) is 61.6 Å². The number of unbranched alkanes of at least 4 members (excludes halogenated alkanes) is 5. The van der Waals surface area contributed by atoms with Gasteiger partial charge in [0.15, 0.2) is 0 Å². The van der Waals surface area contributed by atoms with Crippen molar-refractivity contribution in [1.29, 1.82) is 0 Å². The number of amides is 1. The van der Waals surface area contributed by atoms with E-state index in [1.807, 2.05) is 0 Å². The van der Waals surface area contributed by atoms with E-state index in [1.54, 1.807) is 11.0 Å². The van der Waals surface area contributed by atoms with Crippen molar-refractivity contribution in [1.82, 2.24) is 4.90 Å². The smallest absolute Gasteiger partial charge is 0.230 e. The maximum atomic E-state index is 12.1. The highest BCUT2D eigenvalue weighted by Crippen LogP contribution is 2.14. The largest absolute Gasteiger partial charge is 0.391 e. The summed E-state index contributed by atoms with van der Waals surface area (Å²) in [5, 5.41) is 12.9. The van der Waals surface area contributed by atoms with Gasteiger partial charge in [-0.3, -0.25) is 4.79 Å². The van der Waals surface area contributed by atoms with Crippen LogP contribution < -0.4 is 5.73 Å². The number of likely N-dealkylation sites (tertiary alicyclic amines) is 1. The van der Waals surface area contributed by atoms with Crippen molar-refractivity contribution in [2.24, 2.45) is 10.9 Å². The third kappa shape index (κ3) is 10.2. The summed E-state index contributed by atoms with van der Waals surface area (Å²) in [4.78, 5) is 18.8. The monoisotopic (exact) mass is 355 g/mol. The number of carbonyl (C=O) groups excluding carboxylic acids is 1. The lowest BCUT2D eigenvalue weighted by Crippen LogP contribution is -2.29. The zero-order chi connectivity index (χ0) is 18.3. The molecule has 3 N–H and O–H groups in total. The summed E-state index contributed by atoms with van der Waals surface area (Å²) in [6, 6.07) is 0. The number of carbonyl (C=O) groups is 1. The minimum Gasteiger partial charge on any atom is -0.391 e. The molecule has 1 heterocycles. The van der Waals surface area contributed by atoms with Gasteiger partial charge in [-0.1, -0.05) is 30.8 Å². The normalized spacial score (nSPS) is 17.8. The molecule has 0 aromatic carbocycles. The Morgan fingerprint density at radius 2 is 2.00 bits per heavy atom. The Labute approximate surface area is 150 Å². The molecule has 1 rings (SSSR count). The third-order valence-corrected chi connectivity index (χ3v) is 4.19. The highest BCUT2D eigenvalue weighted by Gasteiger charge is 2.25.